The third kappa shape index (κ3) is 5.75. The second-order valence-electron chi connectivity index (χ2n) is 11.5. The highest BCUT2D eigenvalue weighted by molar-refractivity contribution is 7.10. The van der Waals surface area contributed by atoms with Gasteiger partial charge in [0.1, 0.15) is 0 Å². The van der Waals surface area contributed by atoms with Gasteiger partial charge in [0, 0.05) is 23.7 Å². The summed E-state index contributed by atoms with van der Waals surface area (Å²) in [5, 5.41) is 2.24. The van der Waals surface area contributed by atoms with E-state index in [0.717, 1.165) is 24.3 Å². The normalized spacial score (nSPS) is 20.7. The fraction of sp³-hybridized carbons (Fsp3) is 0.395. The fourth-order valence-electron chi connectivity index (χ4n) is 6.83. The Morgan fingerprint density at radius 1 is 0.900 bits per heavy atom. The van der Waals surface area contributed by atoms with Gasteiger partial charge in [-0.2, -0.15) is 0 Å². The molecule has 2 atom stereocenters. The number of rotatable bonds is 6. The molecule has 2 unspecified atom stereocenters. The van der Waals surface area contributed by atoms with E-state index >= 15 is 0 Å². The SMILES string of the molecule is CC.CCC1C(=O)C(C2=CC=C(c3csc(C)c3)C2C)=Cc2ccc(Cc3ccc(C4CCCCC4)cc3)cc21.[HH]. The first-order valence-corrected chi connectivity index (χ1v) is 16.3. The Labute approximate surface area is 247 Å². The number of benzene rings is 2. The highest BCUT2D eigenvalue weighted by Crippen LogP contribution is 2.44. The first-order chi connectivity index (χ1) is 19.5. The number of Topliss-reactive ketones (excluding diaryl/α,β-unsaturated/α-hetero) is 1. The monoisotopic (exact) mass is 550 g/mol. The van der Waals surface area contributed by atoms with E-state index in [1.807, 2.05) is 13.8 Å². The fourth-order valence-corrected chi connectivity index (χ4v) is 7.55. The van der Waals surface area contributed by atoms with Gasteiger partial charge in [-0.15, -0.1) is 11.3 Å². The van der Waals surface area contributed by atoms with Crippen LogP contribution >= 0.6 is 11.3 Å². The van der Waals surface area contributed by atoms with Gasteiger partial charge < -0.3 is 0 Å². The Balaban J connectivity index is 0.00000126. The van der Waals surface area contributed by atoms with Crippen molar-refractivity contribution in [1.29, 1.82) is 0 Å². The van der Waals surface area contributed by atoms with Crippen LogP contribution in [0.1, 0.15) is 118 Å². The predicted molar refractivity (Wildman–Crippen MR) is 175 cm³/mol. The Kier molecular flexibility index (Phi) is 9.06. The molecule has 0 bridgehead atoms. The van der Waals surface area contributed by atoms with E-state index in [4.69, 9.17) is 0 Å². The van der Waals surface area contributed by atoms with Crippen molar-refractivity contribution < 1.29 is 6.22 Å². The molecule has 1 fully saturated rings. The van der Waals surface area contributed by atoms with Crippen molar-refractivity contribution in [1.82, 2.24) is 0 Å². The molecule has 0 N–H and O–H groups in total. The van der Waals surface area contributed by atoms with Crippen LogP contribution in [0.25, 0.3) is 11.6 Å². The van der Waals surface area contributed by atoms with Crippen LogP contribution in [0.2, 0.25) is 0 Å². The highest BCUT2D eigenvalue weighted by Gasteiger charge is 2.34. The zero-order valence-corrected chi connectivity index (χ0v) is 25.7. The topological polar surface area (TPSA) is 17.1 Å². The minimum atomic E-state index is -0.0702. The maximum atomic E-state index is 13.8. The van der Waals surface area contributed by atoms with Crippen LogP contribution in [0.4, 0.5) is 0 Å². The van der Waals surface area contributed by atoms with Gasteiger partial charge in [-0.25, -0.2) is 0 Å². The van der Waals surface area contributed by atoms with Crippen LogP contribution in [0, 0.1) is 12.8 Å². The van der Waals surface area contributed by atoms with Crippen LogP contribution in [-0.4, -0.2) is 5.78 Å². The lowest BCUT2D eigenvalue weighted by atomic mass is 9.75. The van der Waals surface area contributed by atoms with Crippen molar-refractivity contribution in [3.05, 3.63) is 115 Å². The van der Waals surface area contributed by atoms with Gasteiger partial charge in [0.25, 0.3) is 0 Å². The molecule has 40 heavy (non-hydrogen) atoms. The average molecular weight is 551 g/mol. The molecule has 0 aliphatic heterocycles. The number of allylic oxidation sites excluding steroid dienone is 5. The van der Waals surface area contributed by atoms with Crippen molar-refractivity contribution in [3.63, 3.8) is 0 Å². The molecule has 3 aliphatic carbocycles. The largest absolute Gasteiger partial charge is 0.293 e. The molecule has 1 aromatic heterocycles. The van der Waals surface area contributed by atoms with Crippen LogP contribution in [0.3, 0.4) is 0 Å². The van der Waals surface area contributed by atoms with Crippen molar-refractivity contribution in [2.45, 2.75) is 91.4 Å². The number of carbonyl (C=O) groups is 1. The zero-order chi connectivity index (χ0) is 28.2. The van der Waals surface area contributed by atoms with Gasteiger partial charge in [0.2, 0.25) is 0 Å². The van der Waals surface area contributed by atoms with E-state index in [2.05, 4.69) is 92.9 Å². The number of hydrogen-bond donors (Lipinski definition) is 0. The van der Waals surface area contributed by atoms with Crippen LogP contribution in [-0.2, 0) is 11.2 Å². The van der Waals surface area contributed by atoms with Crippen LogP contribution < -0.4 is 0 Å². The number of fused-ring (bicyclic) bond motifs is 1. The molecule has 0 amide bonds. The molecular formula is C38H46OS. The van der Waals surface area contributed by atoms with E-state index in [9.17, 15) is 4.79 Å². The third-order valence-electron chi connectivity index (χ3n) is 9.03. The van der Waals surface area contributed by atoms with E-state index in [1.54, 1.807) is 11.3 Å². The molecule has 2 heteroatoms. The van der Waals surface area contributed by atoms with Gasteiger partial charge in [0.05, 0.1) is 0 Å². The van der Waals surface area contributed by atoms with E-state index in [1.165, 1.54) is 81.5 Å². The number of aryl methyl sites for hydroxylation is 1. The molecular weight excluding hydrogens is 504 g/mol. The summed E-state index contributed by atoms with van der Waals surface area (Å²) in [7, 11) is 0. The van der Waals surface area contributed by atoms with Crippen molar-refractivity contribution >= 4 is 28.8 Å². The summed E-state index contributed by atoms with van der Waals surface area (Å²) in [5.41, 5.74) is 11.2. The minimum absolute atomic E-state index is 0. The molecule has 6 rings (SSSR count). The molecule has 1 nitrogen and oxygen atoms in total. The highest BCUT2D eigenvalue weighted by atomic mass is 32.1. The van der Waals surface area contributed by atoms with Gasteiger partial charge >= 0.3 is 0 Å². The second-order valence-corrected chi connectivity index (χ2v) is 12.6. The standard InChI is InChI=1S/C36H38OS.C2H6.H2/c1-4-31-34-20-26(19-25-10-13-28(14-11-25)27-8-6-5-7-9-27)12-15-29(34)21-35(36(31)37)33-17-16-32(24(33)3)30-18-23(2)38-22-30;1-2;/h10-18,20-22,24,27,31H,4-9,19H2,1-3H3;1-2H3;1H. The average Bonchev–Trinajstić information content (AvgIpc) is 3.59. The predicted octanol–water partition coefficient (Wildman–Crippen LogP) is 11.1. The summed E-state index contributed by atoms with van der Waals surface area (Å²) >= 11 is 1.79. The molecule has 0 spiro atoms. The molecule has 1 saturated carbocycles. The van der Waals surface area contributed by atoms with Gasteiger partial charge in [-0.1, -0.05) is 102 Å². The summed E-state index contributed by atoms with van der Waals surface area (Å²) < 4.78 is 0. The molecule has 1 heterocycles. The maximum Gasteiger partial charge on any atom is 0.170 e. The first-order valence-electron chi connectivity index (χ1n) is 15.5. The Hall–Kier alpha value is -2.97. The maximum absolute atomic E-state index is 13.8. The van der Waals surface area contributed by atoms with E-state index in [-0.39, 0.29) is 19.0 Å². The molecule has 2 aromatic carbocycles. The minimum Gasteiger partial charge on any atom is -0.293 e. The summed E-state index contributed by atoms with van der Waals surface area (Å²) in [4.78, 5) is 15.2. The number of thiophene rings is 1. The lowest BCUT2D eigenvalue weighted by molar-refractivity contribution is -0.116. The van der Waals surface area contributed by atoms with Crippen molar-refractivity contribution in [2.24, 2.45) is 5.92 Å². The number of carbonyl (C=O) groups excluding carboxylic acids is 1. The van der Waals surface area contributed by atoms with Crippen molar-refractivity contribution in [3.8, 4) is 0 Å². The smallest absolute Gasteiger partial charge is 0.170 e. The summed E-state index contributed by atoms with van der Waals surface area (Å²) in [6, 6.07) is 18.4. The molecule has 210 valence electrons. The summed E-state index contributed by atoms with van der Waals surface area (Å²) in [5.74, 6) is 1.19. The Morgan fingerprint density at radius 3 is 2.27 bits per heavy atom. The lowest BCUT2D eigenvalue weighted by Crippen LogP contribution is -2.22. The lowest BCUT2D eigenvalue weighted by Gasteiger charge is -2.27. The van der Waals surface area contributed by atoms with E-state index < -0.39 is 0 Å². The second kappa shape index (κ2) is 12.7. The first kappa shape index (κ1) is 28.6. The Bertz CT molecular complexity index is 1450. The van der Waals surface area contributed by atoms with Gasteiger partial charge in [-0.05, 0) is 101 Å². The molecule has 3 aliphatic rings. The quantitative estimate of drug-likeness (QED) is 0.298. The van der Waals surface area contributed by atoms with Crippen LogP contribution in [0.5, 0.6) is 0 Å². The van der Waals surface area contributed by atoms with Crippen LogP contribution in [0.15, 0.2) is 77.2 Å². The summed E-state index contributed by atoms with van der Waals surface area (Å²) in [6.07, 6.45) is 15.1. The zero-order valence-electron chi connectivity index (χ0n) is 24.9. The third-order valence-corrected chi connectivity index (χ3v) is 9.89. The van der Waals surface area contributed by atoms with Gasteiger partial charge in [0.15, 0.2) is 5.78 Å². The molecule has 3 aromatic rings. The Morgan fingerprint density at radius 2 is 1.60 bits per heavy atom. The number of hydrogen-bond acceptors (Lipinski definition) is 2. The van der Waals surface area contributed by atoms with E-state index in [0.29, 0.717) is 0 Å². The molecule has 0 saturated heterocycles. The summed E-state index contributed by atoms with van der Waals surface area (Å²) in [6.45, 7) is 10.5. The number of ketones is 1. The van der Waals surface area contributed by atoms with Gasteiger partial charge in [-0.3, -0.25) is 4.79 Å². The molecule has 0 radical (unpaired) electrons. The van der Waals surface area contributed by atoms with Crippen molar-refractivity contribution in [2.75, 3.05) is 0 Å².